The average Bonchev–Trinajstić information content (AvgIpc) is 2.96. The second-order valence-corrected chi connectivity index (χ2v) is 9.65. The molecular weight excluding hydrogens is 488 g/mol. The highest BCUT2D eigenvalue weighted by atomic mass is 16.5. The topological polar surface area (TPSA) is 96.0 Å². The van der Waals surface area contributed by atoms with E-state index in [1.54, 1.807) is 0 Å². The average molecular weight is 525 g/mol. The summed E-state index contributed by atoms with van der Waals surface area (Å²) in [6.07, 6.45) is 1.35. The first-order valence-electron chi connectivity index (χ1n) is 13.3. The van der Waals surface area contributed by atoms with E-state index < -0.39 is 5.91 Å². The molecule has 0 fully saturated rings. The summed E-state index contributed by atoms with van der Waals surface area (Å²) in [7, 11) is 0. The van der Waals surface area contributed by atoms with Crippen molar-refractivity contribution in [1.29, 1.82) is 0 Å². The Labute approximate surface area is 230 Å². The third kappa shape index (κ3) is 8.18. The van der Waals surface area contributed by atoms with Crippen LogP contribution >= 0.6 is 0 Å². The Kier molecular flexibility index (Phi) is 10.1. The lowest BCUT2D eigenvalue weighted by Gasteiger charge is -2.29. The number of phenols is 1. The van der Waals surface area contributed by atoms with E-state index in [4.69, 9.17) is 10.5 Å². The van der Waals surface area contributed by atoms with Crippen LogP contribution in [0.5, 0.6) is 11.5 Å². The van der Waals surface area contributed by atoms with Gasteiger partial charge in [0.05, 0.1) is 6.61 Å². The maximum Gasteiger partial charge on any atom is 0.248 e. The van der Waals surface area contributed by atoms with Crippen molar-refractivity contribution in [3.8, 4) is 11.5 Å². The molecule has 0 saturated heterocycles. The molecular formula is C33H36N2O4. The number of primary amides is 1. The molecule has 6 nitrogen and oxygen atoms in total. The van der Waals surface area contributed by atoms with Crippen LogP contribution in [0.4, 0.5) is 0 Å². The van der Waals surface area contributed by atoms with Crippen molar-refractivity contribution in [2.24, 2.45) is 5.73 Å². The van der Waals surface area contributed by atoms with Crippen LogP contribution in [-0.2, 0) is 13.0 Å². The number of ether oxygens (including phenoxy) is 1. The molecule has 0 unspecified atom stereocenters. The van der Waals surface area contributed by atoms with Gasteiger partial charge in [-0.15, -0.1) is 0 Å². The summed E-state index contributed by atoms with van der Waals surface area (Å²) in [5.41, 5.74) is 10.5. The first-order chi connectivity index (χ1) is 19.0. The molecule has 0 aliphatic rings. The fraction of sp³-hybridized carbons (Fsp3) is 0.242. The fourth-order valence-corrected chi connectivity index (χ4v) is 4.79. The minimum Gasteiger partial charge on any atom is -0.504 e. The molecule has 0 saturated carbocycles. The summed E-state index contributed by atoms with van der Waals surface area (Å²) in [5, 5.41) is 19.6. The number of aliphatic hydroxyl groups excluding tert-OH is 1. The number of nitrogens with two attached hydrogens (primary N) is 1. The summed E-state index contributed by atoms with van der Waals surface area (Å²) >= 11 is 0. The summed E-state index contributed by atoms with van der Waals surface area (Å²) in [6.45, 7) is 2.81. The number of carbonyl (C=O) groups is 1. The molecule has 0 spiro atoms. The summed E-state index contributed by atoms with van der Waals surface area (Å²) in [6, 6.07) is 33.8. The zero-order valence-electron chi connectivity index (χ0n) is 22.1. The minimum absolute atomic E-state index is 0.0224. The smallest absolute Gasteiger partial charge is 0.248 e. The molecule has 0 heterocycles. The Balaban J connectivity index is 1.51. The van der Waals surface area contributed by atoms with Crippen molar-refractivity contribution in [3.63, 3.8) is 0 Å². The van der Waals surface area contributed by atoms with Crippen molar-refractivity contribution in [2.45, 2.75) is 25.3 Å². The molecule has 0 aliphatic heterocycles. The SMILES string of the molecule is NC(=O)c1ccc(O)c(OCCCN(Cc2cccc(CCO)c2)CC(c2ccccc2)c2ccccc2)c1. The zero-order valence-corrected chi connectivity index (χ0v) is 22.1. The van der Waals surface area contributed by atoms with Gasteiger partial charge < -0.3 is 20.7 Å². The number of rotatable bonds is 14. The second kappa shape index (κ2) is 14.1. The van der Waals surface area contributed by atoms with Crippen molar-refractivity contribution in [2.75, 3.05) is 26.3 Å². The predicted molar refractivity (Wildman–Crippen MR) is 154 cm³/mol. The Hall–Kier alpha value is -4.13. The van der Waals surface area contributed by atoms with E-state index in [-0.39, 0.29) is 24.0 Å². The standard InChI is InChI=1S/C33H36N2O4/c34-33(38)29-15-16-31(37)32(22-29)39-20-8-18-35(23-26-10-7-9-25(21-26)17-19-36)24-30(27-11-3-1-4-12-27)28-13-5-2-6-14-28/h1-7,9-16,21-22,30,36-37H,8,17-20,23-24H2,(H2,34,38). The molecule has 4 N–H and O–H groups in total. The van der Waals surface area contributed by atoms with Crippen LogP contribution in [0.3, 0.4) is 0 Å². The normalized spacial score (nSPS) is 11.2. The monoisotopic (exact) mass is 524 g/mol. The molecule has 6 heteroatoms. The molecule has 4 aromatic rings. The van der Waals surface area contributed by atoms with Crippen LogP contribution in [0.1, 0.15) is 45.0 Å². The first kappa shape index (κ1) is 27.9. The van der Waals surface area contributed by atoms with Crippen LogP contribution in [-0.4, -0.2) is 47.3 Å². The molecule has 0 radical (unpaired) electrons. The van der Waals surface area contributed by atoms with Gasteiger partial charge in [0.2, 0.25) is 5.91 Å². The lowest BCUT2D eigenvalue weighted by Crippen LogP contribution is -2.31. The van der Waals surface area contributed by atoms with Crippen LogP contribution in [0.2, 0.25) is 0 Å². The lowest BCUT2D eigenvalue weighted by atomic mass is 9.90. The minimum atomic E-state index is -0.567. The van der Waals surface area contributed by atoms with Crippen molar-refractivity contribution < 1.29 is 19.7 Å². The summed E-state index contributed by atoms with van der Waals surface area (Å²) in [5.74, 6) is -0.153. The van der Waals surface area contributed by atoms with Crippen LogP contribution in [0, 0.1) is 0 Å². The third-order valence-electron chi connectivity index (χ3n) is 6.76. The molecule has 4 rings (SSSR count). The molecule has 4 aromatic carbocycles. The predicted octanol–water partition coefficient (Wildman–Crippen LogP) is 5.13. The third-order valence-corrected chi connectivity index (χ3v) is 6.76. The second-order valence-electron chi connectivity index (χ2n) is 9.65. The zero-order chi connectivity index (χ0) is 27.5. The van der Waals surface area contributed by atoms with Gasteiger partial charge in [0.1, 0.15) is 0 Å². The number of phenolic OH excluding ortho intramolecular Hbond substituents is 1. The Morgan fingerprint density at radius 1 is 0.846 bits per heavy atom. The van der Waals surface area contributed by atoms with E-state index in [0.29, 0.717) is 25.0 Å². The number of aliphatic hydroxyl groups is 1. The van der Waals surface area contributed by atoms with E-state index in [2.05, 4.69) is 65.6 Å². The number of aromatic hydroxyl groups is 1. The van der Waals surface area contributed by atoms with Crippen molar-refractivity contribution in [1.82, 2.24) is 4.90 Å². The highest BCUT2D eigenvalue weighted by molar-refractivity contribution is 5.93. The van der Waals surface area contributed by atoms with Gasteiger partial charge in [-0.1, -0.05) is 84.9 Å². The number of hydrogen-bond donors (Lipinski definition) is 3. The Bertz CT molecular complexity index is 1290. The van der Waals surface area contributed by atoms with E-state index in [1.165, 1.54) is 34.9 Å². The van der Waals surface area contributed by atoms with E-state index in [9.17, 15) is 15.0 Å². The fourth-order valence-electron chi connectivity index (χ4n) is 4.79. The highest BCUT2D eigenvalue weighted by Gasteiger charge is 2.19. The number of nitrogens with zero attached hydrogens (tertiary/aromatic N) is 1. The highest BCUT2D eigenvalue weighted by Crippen LogP contribution is 2.28. The van der Waals surface area contributed by atoms with Crippen LogP contribution < -0.4 is 10.5 Å². The molecule has 39 heavy (non-hydrogen) atoms. The number of carbonyl (C=O) groups excluding carboxylic acids is 1. The summed E-state index contributed by atoms with van der Waals surface area (Å²) < 4.78 is 5.84. The summed E-state index contributed by atoms with van der Waals surface area (Å²) in [4.78, 5) is 13.9. The largest absolute Gasteiger partial charge is 0.504 e. The van der Waals surface area contributed by atoms with Crippen LogP contribution in [0.25, 0.3) is 0 Å². The number of hydrogen-bond acceptors (Lipinski definition) is 5. The molecule has 0 atom stereocenters. The van der Waals surface area contributed by atoms with E-state index in [0.717, 1.165) is 25.2 Å². The first-order valence-corrected chi connectivity index (χ1v) is 13.3. The Morgan fingerprint density at radius 2 is 1.51 bits per heavy atom. The van der Waals surface area contributed by atoms with Gasteiger partial charge >= 0.3 is 0 Å². The molecule has 202 valence electrons. The van der Waals surface area contributed by atoms with Crippen LogP contribution in [0.15, 0.2) is 103 Å². The van der Waals surface area contributed by atoms with Gasteiger partial charge in [-0.25, -0.2) is 0 Å². The maximum atomic E-state index is 11.5. The van der Waals surface area contributed by atoms with Gasteiger partial charge in [0.15, 0.2) is 11.5 Å². The van der Waals surface area contributed by atoms with Gasteiger partial charge in [0.25, 0.3) is 0 Å². The van der Waals surface area contributed by atoms with Crippen molar-refractivity contribution in [3.05, 3.63) is 131 Å². The number of benzene rings is 4. The van der Waals surface area contributed by atoms with Gasteiger partial charge in [-0.05, 0) is 53.3 Å². The quantitative estimate of drug-likeness (QED) is 0.199. The molecule has 1 amide bonds. The van der Waals surface area contributed by atoms with E-state index >= 15 is 0 Å². The molecule has 0 bridgehead atoms. The maximum absolute atomic E-state index is 11.5. The van der Waals surface area contributed by atoms with Crippen molar-refractivity contribution >= 4 is 5.91 Å². The number of amides is 1. The molecule has 0 aromatic heterocycles. The van der Waals surface area contributed by atoms with Gasteiger partial charge in [0, 0.05) is 37.7 Å². The van der Waals surface area contributed by atoms with Gasteiger partial charge in [-0.2, -0.15) is 0 Å². The lowest BCUT2D eigenvalue weighted by molar-refractivity contribution is 0.0999. The van der Waals surface area contributed by atoms with Gasteiger partial charge in [-0.3, -0.25) is 9.69 Å². The Morgan fingerprint density at radius 3 is 2.15 bits per heavy atom. The molecule has 0 aliphatic carbocycles. The van der Waals surface area contributed by atoms with E-state index in [1.807, 2.05) is 24.3 Å².